The smallest absolute Gasteiger partial charge is 0.329 e. The van der Waals surface area contributed by atoms with Crippen molar-refractivity contribution in [2.45, 2.75) is 30.7 Å². The summed E-state index contributed by atoms with van der Waals surface area (Å²) in [6.07, 6.45) is 6.79. The van der Waals surface area contributed by atoms with E-state index in [0.29, 0.717) is 24.2 Å². The Labute approximate surface area is 179 Å². The fourth-order valence-electron chi connectivity index (χ4n) is 2.91. The first-order valence-electron chi connectivity index (χ1n) is 9.46. The third kappa shape index (κ3) is 6.15. The van der Waals surface area contributed by atoms with Gasteiger partial charge in [0.15, 0.2) is 0 Å². The Morgan fingerprint density at radius 2 is 1.74 bits per heavy atom. The number of benzene rings is 1. The topological polar surface area (TPSA) is 162 Å². The van der Waals surface area contributed by atoms with E-state index in [0.717, 1.165) is 5.69 Å². The summed E-state index contributed by atoms with van der Waals surface area (Å²) in [6.45, 7) is 1.94. The minimum Gasteiger partial charge on any atom is -0.354 e. The maximum absolute atomic E-state index is 12.7. The zero-order valence-electron chi connectivity index (χ0n) is 16.8. The van der Waals surface area contributed by atoms with Crippen LogP contribution in [-0.4, -0.2) is 52.9 Å². The summed E-state index contributed by atoms with van der Waals surface area (Å²) in [7, 11) is -4.10. The molecule has 2 aromatic heterocycles. The van der Waals surface area contributed by atoms with Crippen molar-refractivity contribution in [3.8, 4) is 0 Å². The maximum Gasteiger partial charge on any atom is 0.329 e. The van der Waals surface area contributed by atoms with Gasteiger partial charge in [-0.2, -0.15) is 0 Å². The fraction of sp³-hybridized carbons (Fsp3) is 0.263. The van der Waals surface area contributed by atoms with Crippen molar-refractivity contribution in [3.63, 3.8) is 0 Å². The van der Waals surface area contributed by atoms with Gasteiger partial charge in [0, 0.05) is 43.2 Å². The van der Waals surface area contributed by atoms with Gasteiger partial charge in [0.05, 0.1) is 17.6 Å². The van der Waals surface area contributed by atoms with Crippen LogP contribution in [0.1, 0.15) is 17.0 Å². The first-order valence-corrected chi connectivity index (χ1v) is 10.9. The number of urea groups is 1. The normalized spacial score (nSPS) is 12.2. The molecular weight excluding hydrogens is 422 g/mol. The lowest BCUT2D eigenvalue weighted by Crippen LogP contribution is -2.52. The molecule has 3 aromatic rings. The first kappa shape index (κ1) is 22.0. The minimum atomic E-state index is -4.10. The molecule has 0 unspecified atom stereocenters. The van der Waals surface area contributed by atoms with Gasteiger partial charge in [-0.1, -0.05) is 18.2 Å². The van der Waals surface area contributed by atoms with E-state index in [-0.39, 0.29) is 11.3 Å². The maximum atomic E-state index is 12.7. The number of aromatic nitrogens is 4. The van der Waals surface area contributed by atoms with E-state index in [1.807, 2.05) is 4.72 Å². The van der Waals surface area contributed by atoms with E-state index >= 15 is 0 Å². The van der Waals surface area contributed by atoms with Crippen molar-refractivity contribution in [2.24, 2.45) is 0 Å². The third-order valence-corrected chi connectivity index (χ3v) is 5.95. The second-order valence-corrected chi connectivity index (χ2v) is 8.45. The van der Waals surface area contributed by atoms with E-state index in [1.165, 1.54) is 18.6 Å². The molecule has 0 radical (unpaired) electrons. The van der Waals surface area contributed by atoms with E-state index in [1.54, 1.807) is 37.6 Å². The second kappa shape index (κ2) is 9.89. The van der Waals surface area contributed by atoms with E-state index in [4.69, 9.17) is 0 Å². The van der Waals surface area contributed by atoms with Crippen LogP contribution >= 0.6 is 0 Å². The van der Waals surface area contributed by atoms with Gasteiger partial charge in [0.2, 0.25) is 5.91 Å². The molecule has 0 aliphatic carbocycles. The molecule has 2 heterocycles. The van der Waals surface area contributed by atoms with Gasteiger partial charge in [0.1, 0.15) is 6.04 Å². The summed E-state index contributed by atoms with van der Waals surface area (Å²) in [5, 5.41) is 5.16. The number of carbonyl (C=O) groups excluding carboxylic acids is 2. The molecule has 0 aliphatic rings. The van der Waals surface area contributed by atoms with Crippen LogP contribution in [0.4, 0.5) is 4.79 Å². The number of aryl methyl sites for hydroxylation is 1. The van der Waals surface area contributed by atoms with Gasteiger partial charge in [-0.25, -0.2) is 27.9 Å². The Bertz CT molecular complexity index is 1110. The predicted octanol–water partition coefficient (Wildman–Crippen LogP) is 0.399. The van der Waals surface area contributed by atoms with Gasteiger partial charge in [0.25, 0.3) is 10.0 Å². The van der Waals surface area contributed by atoms with Crippen molar-refractivity contribution in [1.82, 2.24) is 35.3 Å². The van der Waals surface area contributed by atoms with Gasteiger partial charge in [-0.15, -0.1) is 0 Å². The third-order valence-electron chi connectivity index (χ3n) is 4.46. The summed E-state index contributed by atoms with van der Waals surface area (Å²) >= 11 is 0. The van der Waals surface area contributed by atoms with Crippen molar-refractivity contribution in [1.29, 1.82) is 0 Å². The molecule has 0 aliphatic heterocycles. The van der Waals surface area contributed by atoms with Crippen LogP contribution in [0.2, 0.25) is 0 Å². The molecule has 31 heavy (non-hydrogen) atoms. The molecule has 11 nitrogen and oxygen atoms in total. The highest BCUT2D eigenvalue weighted by Gasteiger charge is 2.25. The minimum absolute atomic E-state index is 0.0146. The lowest BCUT2D eigenvalue weighted by Gasteiger charge is -2.18. The first-order chi connectivity index (χ1) is 14.8. The number of hydrogen-bond acceptors (Lipinski definition) is 6. The summed E-state index contributed by atoms with van der Waals surface area (Å²) in [4.78, 5) is 38.7. The molecule has 1 atom stereocenters. The van der Waals surface area contributed by atoms with Crippen LogP contribution in [0.15, 0.2) is 54.2 Å². The molecule has 0 bridgehead atoms. The molecule has 164 valence electrons. The SMILES string of the molecule is Cc1ccccc1S(=O)(=O)NC(=O)N[C@@H](Cc1cnc[nH]1)C(=O)NCCc1cnc[nH]1. The monoisotopic (exact) mass is 445 g/mol. The Hall–Kier alpha value is -3.67. The van der Waals surface area contributed by atoms with Crippen molar-refractivity contribution in [2.75, 3.05) is 6.54 Å². The molecule has 0 fully saturated rings. The number of rotatable bonds is 9. The standard InChI is InChI=1S/C19H23N7O4S/c1-13-4-2-3-5-17(13)31(29,30)26-19(28)25-16(8-15-10-21-12-24-15)18(27)22-7-6-14-9-20-11-23-14/h2-5,9-12,16H,6-8H2,1H3,(H,20,23)(H,21,24)(H,22,27)(H2,25,26,28)/t16-/m0/s1. The number of imidazole rings is 2. The lowest BCUT2D eigenvalue weighted by molar-refractivity contribution is -0.122. The lowest BCUT2D eigenvalue weighted by atomic mass is 10.1. The average molecular weight is 446 g/mol. The van der Waals surface area contributed by atoms with E-state index in [9.17, 15) is 18.0 Å². The summed E-state index contributed by atoms with van der Waals surface area (Å²) < 4.78 is 27.0. The highest BCUT2D eigenvalue weighted by Crippen LogP contribution is 2.13. The molecule has 0 saturated heterocycles. The predicted molar refractivity (Wildman–Crippen MR) is 111 cm³/mol. The summed E-state index contributed by atoms with van der Waals surface area (Å²) in [6, 6.07) is 4.26. The summed E-state index contributed by atoms with van der Waals surface area (Å²) in [5.74, 6) is -0.461. The molecular formula is C19H23N7O4S. The van der Waals surface area contributed by atoms with Crippen LogP contribution in [0.25, 0.3) is 0 Å². The van der Waals surface area contributed by atoms with Crippen molar-refractivity contribution in [3.05, 3.63) is 66.3 Å². The Balaban J connectivity index is 1.65. The number of aromatic amines is 2. The Morgan fingerprint density at radius 3 is 2.39 bits per heavy atom. The largest absolute Gasteiger partial charge is 0.354 e. The number of H-pyrrole nitrogens is 2. The van der Waals surface area contributed by atoms with Gasteiger partial charge in [-0.3, -0.25) is 4.79 Å². The molecule has 3 amide bonds. The van der Waals surface area contributed by atoms with E-state index in [2.05, 4.69) is 30.6 Å². The molecule has 12 heteroatoms. The highest BCUT2D eigenvalue weighted by molar-refractivity contribution is 7.90. The van der Waals surface area contributed by atoms with Crippen LogP contribution < -0.4 is 15.4 Å². The number of nitrogens with zero attached hydrogens (tertiary/aromatic N) is 2. The average Bonchev–Trinajstić information content (AvgIpc) is 3.41. The molecule has 0 saturated carbocycles. The van der Waals surface area contributed by atoms with Gasteiger partial charge < -0.3 is 20.6 Å². The number of sulfonamides is 1. The van der Waals surface area contributed by atoms with Crippen LogP contribution in [0.3, 0.4) is 0 Å². The number of hydrogen-bond donors (Lipinski definition) is 5. The molecule has 3 rings (SSSR count). The second-order valence-electron chi connectivity index (χ2n) is 6.80. The highest BCUT2D eigenvalue weighted by atomic mass is 32.2. The molecule has 0 spiro atoms. The van der Waals surface area contributed by atoms with Crippen LogP contribution in [0.5, 0.6) is 0 Å². The fourth-order valence-corrected chi connectivity index (χ4v) is 4.08. The van der Waals surface area contributed by atoms with E-state index < -0.39 is 28.0 Å². The number of amides is 3. The van der Waals surface area contributed by atoms with Crippen LogP contribution in [-0.2, 0) is 27.7 Å². The zero-order valence-corrected chi connectivity index (χ0v) is 17.6. The van der Waals surface area contributed by atoms with Gasteiger partial charge >= 0.3 is 6.03 Å². The summed E-state index contributed by atoms with van der Waals surface area (Å²) in [5.41, 5.74) is 1.95. The van der Waals surface area contributed by atoms with Crippen LogP contribution in [0, 0.1) is 6.92 Å². The Morgan fingerprint density at radius 1 is 1.06 bits per heavy atom. The van der Waals surface area contributed by atoms with Gasteiger partial charge in [-0.05, 0) is 18.6 Å². The molecule has 5 N–H and O–H groups in total. The molecule has 1 aromatic carbocycles. The number of nitrogens with one attached hydrogen (secondary N) is 5. The quantitative estimate of drug-likeness (QED) is 0.320. The van der Waals surface area contributed by atoms with Crippen molar-refractivity contribution >= 4 is 22.0 Å². The zero-order chi connectivity index (χ0) is 22.3. The van der Waals surface area contributed by atoms with Crippen molar-refractivity contribution < 1.29 is 18.0 Å². The number of carbonyl (C=O) groups is 2. The Kier molecular flexibility index (Phi) is 7.03.